The first-order chi connectivity index (χ1) is 6.79. The highest BCUT2D eigenvalue weighted by atomic mass is 15.3. The summed E-state index contributed by atoms with van der Waals surface area (Å²) >= 11 is 0. The topological polar surface area (TPSA) is 42.7 Å². The summed E-state index contributed by atoms with van der Waals surface area (Å²) in [5.41, 5.74) is 0. The number of nitrogens with zero attached hydrogens (tertiary/aromatic N) is 3. The normalized spacial score (nSPS) is 11.1. The third kappa shape index (κ3) is 4.97. The van der Waals surface area contributed by atoms with Gasteiger partial charge in [0, 0.05) is 6.54 Å². The van der Waals surface area contributed by atoms with Gasteiger partial charge in [-0.15, -0.1) is 0 Å². The van der Waals surface area contributed by atoms with Crippen LogP contribution in [0.1, 0.15) is 26.7 Å². The Morgan fingerprint density at radius 2 is 2.21 bits per heavy atom. The standard InChI is InChI=1S/C10H20N4/c1-10(2)4-3-5-11-6-7-14-9-12-8-13-14/h8-11H,3-7H2,1-2H3. The van der Waals surface area contributed by atoms with E-state index in [-0.39, 0.29) is 0 Å². The molecule has 0 aliphatic carbocycles. The molecule has 0 fully saturated rings. The molecule has 1 N–H and O–H groups in total. The molecule has 4 heteroatoms. The first-order valence-corrected chi connectivity index (χ1v) is 5.32. The molecule has 1 aromatic heterocycles. The van der Waals surface area contributed by atoms with E-state index in [1.807, 2.05) is 4.68 Å². The Morgan fingerprint density at radius 3 is 2.86 bits per heavy atom. The van der Waals surface area contributed by atoms with Crippen LogP contribution < -0.4 is 5.32 Å². The van der Waals surface area contributed by atoms with E-state index < -0.39 is 0 Å². The van der Waals surface area contributed by atoms with E-state index >= 15 is 0 Å². The van der Waals surface area contributed by atoms with Gasteiger partial charge < -0.3 is 5.32 Å². The van der Waals surface area contributed by atoms with Gasteiger partial charge in [0.2, 0.25) is 0 Å². The first kappa shape index (κ1) is 11.2. The molecule has 0 unspecified atom stereocenters. The second kappa shape index (κ2) is 6.54. The largest absolute Gasteiger partial charge is 0.315 e. The third-order valence-corrected chi connectivity index (χ3v) is 2.12. The second-order valence-corrected chi connectivity index (χ2v) is 3.94. The highest BCUT2D eigenvalue weighted by molar-refractivity contribution is 4.57. The van der Waals surface area contributed by atoms with Gasteiger partial charge >= 0.3 is 0 Å². The molecule has 14 heavy (non-hydrogen) atoms. The first-order valence-electron chi connectivity index (χ1n) is 5.32. The maximum atomic E-state index is 4.03. The molecule has 0 aliphatic heterocycles. The predicted molar refractivity (Wildman–Crippen MR) is 57.0 cm³/mol. The molecule has 0 spiro atoms. The van der Waals surface area contributed by atoms with Gasteiger partial charge in [-0.3, -0.25) is 4.68 Å². The molecule has 80 valence electrons. The van der Waals surface area contributed by atoms with Gasteiger partial charge in [-0.2, -0.15) is 5.10 Å². The monoisotopic (exact) mass is 196 g/mol. The summed E-state index contributed by atoms with van der Waals surface area (Å²) in [7, 11) is 0. The number of aromatic nitrogens is 3. The van der Waals surface area contributed by atoms with Crippen LogP contribution in [0, 0.1) is 5.92 Å². The van der Waals surface area contributed by atoms with Crippen molar-refractivity contribution in [3.8, 4) is 0 Å². The Balaban J connectivity index is 1.90. The summed E-state index contributed by atoms with van der Waals surface area (Å²) < 4.78 is 1.84. The smallest absolute Gasteiger partial charge is 0.137 e. The van der Waals surface area contributed by atoms with E-state index in [1.54, 1.807) is 12.7 Å². The van der Waals surface area contributed by atoms with Crippen LogP contribution in [0.4, 0.5) is 0 Å². The van der Waals surface area contributed by atoms with E-state index in [1.165, 1.54) is 12.8 Å². The molecule has 0 saturated carbocycles. The van der Waals surface area contributed by atoms with Crippen molar-refractivity contribution in [2.45, 2.75) is 33.2 Å². The molecular weight excluding hydrogens is 176 g/mol. The minimum atomic E-state index is 0.812. The molecule has 0 saturated heterocycles. The van der Waals surface area contributed by atoms with Crippen LogP contribution in [0.25, 0.3) is 0 Å². The van der Waals surface area contributed by atoms with Crippen LogP contribution >= 0.6 is 0 Å². The van der Waals surface area contributed by atoms with Gasteiger partial charge in [0.05, 0.1) is 6.54 Å². The summed E-state index contributed by atoms with van der Waals surface area (Å²) in [6.07, 6.45) is 5.87. The van der Waals surface area contributed by atoms with Crippen LogP contribution in [0.2, 0.25) is 0 Å². The van der Waals surface area contributed by atoms with Crippen molar-refractivity contribution in [1.29, 1.82) is 0 Å². The van der Waals surface area contributed by atoms with Crippen LogP contribution in [-0.2, 0) is 6.54 Å². The highest BCUT2D eigenvalue weighted by Gasteiger charge is 1.94. The average Bonchev–Trinajstić information content (AvgIpc) is 2.63. The molecule has 0 atom stereocenters. The molecule has 4 nitrogen and oxygen atoms in total. The Bertz CT molecular complexity index is 218. The highest BCUT2D eigenvalue weighted by Crippen LogP contribution is 2.01. The Kier molecular flexibility index (Phi) is 5.22. The van der Waals surface area contributed by atoms with Crippen molar-refractivity contribution in [3.63, 3.8) is 0 Å². The van der Waals surface area contributed by atoms with E-state index in [2.05, 4.69) is 29.2 Å². The van der Waals surface area contributed by atoms with E-state index in [0.29, 0.717) is 0 Å². The van der Waals surface area contributed by atoms with Gasteiger partial charge in [-0.25, -0.2) is 4.98 Å². The molecule has 0 aromatic carbocycles. The lowest BCUT2D eigenvalue weighted by molar-refractivity contribution is 0.504. The van der Waals surface area contributed by atoms with Gasteiger partial charge in [-0.1, -0.05) is 13.8 Å². The van der Waals surface area contributed by atoms with Crippen LogP contribution in [-0.4, -0.2) is 27.9 Å². The van der Waals surface area contributed by atoms with Crippen molar-refractivity contribution < 1.29 is 0 Å². The van der Waals surface area contributed by atoms with Crippen LogP contribution in [0.5, 0.6) is 0 Å². The third-order valence-electron chi connectivity index (χ3n) is 2.12. The van der Waals surface area contributed by atoms with Crippen molar-refractivity contribution in [1.82, 2.24) is 20.1 Å². The van der Waals surface area contributed by atoms with Gasteiger partial charge in [0.25, 0.3) is 0 Å². The Morgan fingerprint density at radius 1 is 1.36 bits per heavy atom. The van der Waals surface area contributed by atoms with Crippen molar-refractivity contribution >= 4 is 0 Å². The van der Waals surface area contributed by atoms with Crippen molar-refractivity contribution in [2.75, 3.05) is 13.1 Å². The summed E-state index contributed by atoms with van der Waals surface area (Å²) in [5.74, 6) is 0.812. The van der Waals surface area contributed by atoms with E-state index in [0.717, 1.165) is 25.6 Å². The van der Waals surface area contributed by atoms with Gasteiger partial charge in [0.1, 0.15) is 12.7 Å². The summed E-state index contributed by atoms with van der Waals surface area (Å²) in [6, 6.07) is 0. The molecule has 0 radical (unpaired) electrons. The zero-order valence-corrected chi connectivity index (χ0v) is 9.11. The maximum absolute atomic E-state index is 4.03. The average molecular weight is 196 g/mol. The number of hydrogen-bond acceptors (Lipinski definition) is 3. The van der Waals surface area contributed by atoms with E-state index in [4.69, 9.17) is 0 Å². The van der Waals surface area contributed by atoms with Crippen molar-refractivity contribution in [2.24, 2.45) is 5.92 Å². The molecule has 0 aliphatic rings. The van der Waals surface area contributed by atoms with Crippen molar-refractivity contribution in [3.05, 3.63) is 12.7 Å². The molecule has 1 aromatic rings. The van der Waals surface area contributed by atoms with Crippen LogP contribution in [0.15, 0.2) is 12.7 Å². The van der Waals surface area contributed by atoms with E-state index in [9.17, 15) is 0 Å². The van der Waals surface area contributed by atoms with Gasteiger partial charge in [0.15, 0.2) is 0 Å². The fraction of sp³-hybridized carbons (Fsp3) is 0.800. The van der Waals surface area contributed by atoms with Crippen LogP contribution in [0.3, 0.4) is 0 Å². The number of nitrogens with one attached hydrogen (secondary N) is 1. The SMILES string of the molecule is CC(C)CCCNCCn1cncn1. The minimum Gasteiger partial charge on any atom is -0.315 e. The second-order valence-electron chi connectivity index (χ2n) is 3.94. The Labute approximate surface area is 85.7 Å². The zero-order valence-electron chi connectivity index (χ0n) is 9.11. The molecule has 0 bridgehead atoms. The molecule has 0 amide bonds. The fourth-order valence-corrected chi connectivity index (χ4v) is 1.30. The maximum Gasteiger partial charge on any atom is 0.137 e. The lowest BCUT2D eigenvalue weighted by Crippen LogP contribution is -2.21. The Hall–Kier alpha value is -0.900. The minimum absolute atomic E-state index is 0.812. The summed E-state index contributed by atoms with van der Waals surface area (Å²) in [6.45, 7) is 7.50. The summed E-state index contributed by atoms with van der Waals surface area (Å²) in [5, 5.41) is 7.42. The molecular formula is C10H20N4. The number of hydrogen-bond donors (Lipinski definition) is 1. The lowest BCUT2D eigenvalue weighted by Gasteiger charge is -2.06. The fourth-order valence-electron chi connectivity index (χ4n) is 1.30. The molecule has 1 rings (SSSR count). The zero-order chi connectivity index (χ0) is 10.2. The molecule has 1 heterocycles. The summed E-state index contributed by atoms with van der Waals surface area (Å²) in [4.78, 5) is 3.88. The predicted octanol–water partition coefficient (Wildman–Crippen LogP) is 1.30. The lowest BCUT2D eigenvalue weighted by atomic mass is 10.1. The van der Waals surface area contributed by atoms with Gasteiger partial charge in [-0.05, 0) is 25.3 Å². The number of rotatable bonds is 7. The quantitative estimate of drug-likeness (QED) is 0.668.